The zero-order valence-corrected chi connectivity index (χ0v) is 37.4. The second-order valence-electron chi connectivity index (χ2n) is 16.7. The number of furan rings is 1. The van der Waals surface area contributed by atoms with Gasteiger partial charge in [0.1, 0.15) is 11.2 Å². The summed E-state index contributed by atoms with van der Waals surface area (Å²) >= 11 is 1.84. The molecule has 314 valence electrons. The van der Waals surface area contributed by atoms with E-state index in [4.69, 9.17) is 19.4 Å². The normalized spacial score (nSPS) is 11.7. The molecule has 0 amide bonds. The van der Waals surface area contributed by atoms with Gasteiger partial charge in [0, 0.05) is 63.8 Å². The van der Waals surface area contributed by atoms with Crippen LogP contribution >= 0.6 is 11.3 Å². The molecule has 0 aliphatic carbocycles. The maximum Gasteiger partial charge on any atom is 0.238 e. The van der Waals surface area contributed by atoms with E-state index in [0.717, 1.165) is 87.9 Å². The summed E-state index contributed by atoms with van der Waals surface area (Å²) < 4.78 is 11.2. The molecule has 4 heterocycles. The molecule has 0 unspecified atom stereocenters. The van der Waals surface area contributed by atoms with E-state index in [1.165, 1.54) is 37.4 Å². The third kappa shape index (κ3) is 6.10. The van der Waals surface area contributed by atoms with Gasteiger partial charge in [-0.15, -0.1) is 11.3 Å². The van der Waals surface area contributed by atoms with E-state index < -0.39 is 0 Å². The Bertz CT molecular complexity index is 4100. The van der Waals surface area contributed by atoms with Crippen LogP contribution in [0.15, 0.2) is 187 Å². The molecule has 0 saturated heterocycles. The van der Waals surface area contributed by atoms with Crippen LogP contribution in [0.25, 0.3) is 137 Å². The van der Waals surface area contributed by atoms with Crippen LogP contribution in [0.5, 0.6) is 0 Å². The lowest BCUT2D eigenvalue weighted by molar-refractivity contribution is 0.669. The van der Waals surface area contributed by atoms with E-state index in [1.807, 2.05) is 78.1 Å². The Hall–Kier alpha value is -8.19. The number of thiophene rings is 1. The van der Waals surface area contributed by atoms with Gasteiger partial charge in [-0.3, -0.25) is 4.57 Å². The number of fused-ring (bicyclic) bond motifs is 13. The third-order valence-corrected chi connectivity index (χ3v) is 13.7. The molecule has 0 fully saturated rings. The Morgan fingerprint density at radius 1 is 0.485 bits per heavy atom. The van der Waals surface area contributed by atoms with Crippen LogP contribution in [0.4, 0.5) is 0 Å². The largest absolute Gasteiger partial charge is 0.456 e. The molecule has 0 atom stereocenters. The molecule has 0 bridgehead atoms. The summed E-state index contributed by atoms with van der Waals surface area (Å²) in [6.07, 6.45) is 5.17. The van der Waals surface area contributed by atoms with Crippen molar-refractivity contribution in [2.24, 2.45) is 0 Å². The van der Waals surface area contributed by atoms with Crippen molar-refractivity contribution in [2.45, 2.75) is 20.3 Å². The Morgan fingerprint density at radius 2 is 1.14 bits per heavy atom. The topological polar surface area (TPSA) is 56.7 Å². The Balaban J connectivity index is 0.00000148. The number of nitrogens with zero attached hydrogens (tertiary/aromatic N) is 4. The predicted molar refractivity (Wildman–Crippen MR) is 282 cm³/mol. The molecule has 0 N–H and O–H groups in total. The van der Waals surface area contributed by atoms with Crippen molar-refractivity contribution in [1.29, 1.82) is 0 Å². The summed E-state index contributed by atoms with van der Waals surface area (Å²) in [7, 11) is 0. The van der Waals surface area contributed by atoms with Crippen LogP contribution < -0.4 is 0 Å². The highest BCUT2D eigenvalue weighted by atomic mass is 32.1. The standard InChI is InChI=1S/C57H34N4OS.C3H8/c1-3-37-38(4-2)52-46-23-14-22-40(35-25-29-45-50(32-35)63-49-30-27-33-15-8-9-18-39(33)51(45)49)53(46)61(54(52)44-21-11-10-19-41(37)44)57-59-55(34-16-6-5-7-17-34)58-56(60-57)36-26-28-43-42-20-12-13-24-47(42)62-48(43)31-36;1-3-2/h3-32H,1-2H2;3H2,1-2H3. The van der Waals surface area contributed by atoms with Gasteiger partial charge in [-0.25, -0.2) is 4.98 Å². The number of hydrogen-bond acceptors (Lipinski definition) is 5. The van der Waals surface area contributed by atoms with E-state index in [2.05, 4.69) is 147 Å². The lowest BCUT2D eigenvalue weighted by Gasteiger charge is -2.15. The first kappa shape index (κ1) is 39.4. The van der Waals surface area contributed by atoms with Crippen LogP contribution in [0.1, 0.15) is 31.4 Å². The Morgan fingerprint density at radius 3 is 1.94 bits per heavy atom. The number of aromatic nitrogens is 4. The molecule has 0 saturated carbocycles. The molecule has 66 heavy (non-hydrogen) atoms. The van der Waals surface area contributed by atoms with Crippen molar-refractivity contribution in [3.63, 3.8) is 0 Å². The molecule has 4 aromatic heterocycles. The average Bonchev–Trinajstić information content (AvgIpc) is 4.06. The Kier molecular flexibility index (Phi) is 9.44. The van der Waals surface area contributed by atoms with Crippen molar-refractivity contribution in [3.05, 3.63) is 194 Å². The van der Waals surface area contributed by atoms with Gasteiger partial charge < -0.3 is 4.42 Å². The minimum absolute atomic E-state index is 0.511. The highest BCUT2D eigenvalue weighted by molar-refractivity contribution is 7.26. The minimum Gasteiger partial charge on any atom is -0.456 e. The summed E-state index contributed by atoms with van der Waals surface area (Å²) in [6.45, 7) is 12.9. The molecular formula is C60H42N4OS. The summed E-state index contributed by atoms with van der Waals surface area (Å²) in [5.41, 5.74) is 9.56. The molecule has 13 aromatic rings. The second-order valence-corrected chi connectivity index (χ2v) is 17.8. The summed E-state index contributed by atoms with van der Waals surface area (Å²) in [4.78, 5) is 16.0. The van der Waals surface area contributed by atoms with Gasteiger partial charge >= 0.3 is 0 Å². The lowest BCUT2D eigenvalue weighted by Crippen LogP contribution is -2.07. The number of para-hydroxylation sites is 2. The summed E-state index contributed by atoms with van der Waals surface area (Å²) in [6, 6.07) is 59.7. The molecule has 9 aromatic carbocycles. The van der Waals surface area contributed by atoms with Gasteiger partial charge in [0.15, 0.2) is 11.6 Å². The van der Waals surface area contributed by atoms with Gasteiger partial charge in [0.2, 0.25) is 5.95 Å². The molecule has 0 spiro atoms. The van der Waals surface area contributed by atoms with E-state index in [-0.39, 0.29) is 0 Å². The smallest absolute Gasteiger partial charge is 0.238 e. The van der Waals surface area contributed by atoms with Gasteiger partial charge in [-0.05, 0) is 63.2 Å². The minimum atomic E-state index is 0.511. The third-order valence-electron chi connectivity index (χ3n) is 12.6. The zero-order valence-electron chi connectivity index (χ0n) is 36.5. The molecule has 0 aliphatic rings. The second kappa shape index (κ2) is 15.8. The maximum absolute atomic E-state index is 6.39. The van der Waals surface area contributed by atoms with Crippen LogP contribution in [-0.2, 0) is 0 Å². The van der Waals surface area contributed by atoms with Crippen LogP contribution in [0.3, 0.4) is 0 Å². The van der Waals surface area contributed by atoms with E-state index in [1.54, 1.807) is 0 Å². The lowest BCUT2D eigenvalue weighted by atomic mass is 9.93. The fraction of sp³-hybridized carbons (Fsp3) is 0.0500. The molecule has 0 aliphatic heterocycles. The first-order valence-electron chi connectivity index (χ1n) is 22.4. The molecular weight excluding hydrogens is 825 g/mol. The van der Waals surface area contributed by atoms with Gasteiger partial charge in [0.25, 0.3) is 0 Å². The predicted octanol–water partition coefficient (Wildman–Crippen LogP) is 17.2. The van der Waals surface area contributed by atoms with Crippen LogP contribution in [-0.4, -0.2) is 19.5 Å². The monoisotopic (exact) mass is 866 g/mol. The van der Waals surface area contributed by atoms with Crippen molar-refractivity contribution in [2.75, 3.05) is 0 Å². The van der Waals surface area contributed by atoms with Crippen LogP contribution in [0, 0.1) is 0 Å². The molecule has 13 rings (SSSR count). The summed E-state index contributed by atoms with van der Waals surface area (Å²) in [5.74, 6) is 1.63. The number of rotatable bonds is 6. The van der Waals surface area contributed by atoms with Crippen molar-refractivity contribution >= 4 is 109 Å². The van der Waals surface area contributed by atoms with Gasteiger partial charge in [-0.2, -0.15) is 9.97 Å². The Labute approximate surface area is 385 Å². The summed E-state index contributed by atoms with van der Waals surface area (Å²) in [5, 5.41) is 11.5. The first-order valence-corrected chi connectivity index (χ1v) is 23.2. The zero-order chi connectivity index (χ0) is 44.5. The number of benzene rings is 9. The van der Waals surface area contributed by atoms with Gasteiger partial charge in [0.05, 0.1) is 11.0 Å². The fourth-order valence-electron chi connectivity index (χ4n) is 9.82. The molecule has 0 radical (unpaired) electrons. The van der Waals surface area contributed by atoms with Crippen LogP contribution in [0.2, 0.25) is 0 Å². The SMILES string of the molecule is C=Cc1c(C=C)c2c3cccc(-c4ccc5c(c4)sc4ccc6ccccc6c45)c3n(-c3nc(-c4ccccc4)nc(-c4ccc5c(c4)oc4ccccc45)n3)c2c2ccccc12.CCC. The van der Waals surface area contributed by atoms with Crippen molar-refractivity contribution in [3.8, 4) is 39.9 Å². The molecule has 5 nitrogen and oxygen atoms in total. The highest BCUT2D eigenvalue weighted by Crippen LogP contribution is 2.46. The van der Waals surface area contributed by atoms with E-state index >= 15 is 0 Å². The quantitative estimate of drug-likeness (QED) is 0.167. The number of hydrogen-bond donors (Lipinski definition) is 0. The highest BCUT2D eigenvalue weighted by Gasteiger charge is 2.25. The molecule has 6 heteroatoms. The average molecular weight is 867 g/mol. The van der Waals surface area contributed by atoms with Crippen molar-refractivity contribution in [1.82, 2.24) is 19.5 Å². The first-order chi connectivity index (χ1) is 32.6. The maximum atomic E-state index is 6.39. The van der Waals surface area contributed by atoms with Crippen molar-refractivity contribution < 1.29 is 4.42 Å². The fourth-order valence-corrected chi connectivity index (χ4v) is 11.0. The van der Waals surface area contributed by atoms with E-state index in [0.29, 0.717) is 17.6 Å². The van der Waals surface area contributed by atoms with Gasteiger partial charge in [-0.1, -0.05) is 185 Å². The van der Waals surface area contributed by atoms with E-state index in [9.17, 15) is 0 Å².